The van der Waals surface area contributed by atoms with Crippen molar-refractivity contribution in [1.82, 2.24) is 9.38 Å². The number of hydrogen-bond acceptors (Lipinski definition) is 6. The molecule has 0 aliphatic carbocycles. The first-order chi connectivity index (χ1) is 8.09. The van der Waals surface area contributed by atoms with Crippen molar-refractivity contribution in [2.45, 2.75) is 0 Å². The molecule has 0 bridgehead atoms. The second kappa shape index (κ2) is 4.80. The monoisotopic (exact) mass is 274 g/mol. The highest BCUT2D eigenvalue weighted by Crippen LogP contribution is 2.27. The Balaban J connectivity index is 2.26. The summed E-state index contributed by atoms with van der Waals surface area (Å²) in [7, 11) is -0.929. The van der Waals surface area contributed by atoms with Gasteiger partial charge in [-0.1, -0.05) is 11.3 Å². The standard InChI is InChI=1S/C8H10N4O3S2/c1-17(15)5-2-9-6-7(12(13)14)11-3-4-16-8(11)10-6/h3-4,9H,2,5H2,1H3. The Morgan fingerprint density at radius 2 is 2.47 bits per heavy atom. The van der Waals surface area contributed by atoms with Crippen molar-refractivity contribution < 1.29 is 9.13 Å². The van der Waals surface area contributed by atoms with Gasteiger partial charge in [0.05, 0.1) is 0 Å². The van der Waals surface area contributed by atoms with E-state index >= 15 is 0 Å². The van der Waals surface area contributed by atoms with E-state index in [1.807, 2.05) is 0 Å². The fraction of sp³-hybridized carbons (Fsp3) is 0.375. The van der Waals surface area contributed by atoms with Crippen molar-refractivity contribution in [2.75, 3.05) is 23.9 Å². The van der Waals surface area contributed by atoms with Gasteiger partial charge < -0.3 is 15.4 Å². The maximum Gasteiger partial charge on any atom is 0.372 e. The lowest BCUT2D eigenvalue weighted by Crippen LogP contribution is -2.11. The minimum atomic E-state index is -0.929. The first-order valence-corrected chi connectivity index (χ1v) is 7.34. The second-order valence-corrected chi connectivity index (χ2v) is 5.73. The van der Waals surface area contributed by atoms with Crippen LogP contribution in [-0.4, -0.2) is 37.1 Å². The number of rotatable bonds is 5. The lowest BCUT2D eigenvalue weighted by Gasteiger charge is -2.01. The fourth-order valence-electron chi connectivity index (χ4n) is 1.38. The van der Waals surface area contributed by atoms with E-state index < -0.39 is 15.7 Å². The van der Waals surface area contributed by atoms with Gasteiger partial charge in [0.1, 0.15) is 6.20 Å². The lowest BCUT2D eigenvalue weighted by atomic mass is 10.6. The molecule has 2 rings (SSSR count). The van der Waals surface area contributed by atoms with Crippen LogP contribution in [0.3, 0.4) is 0 Å². The number of nitrogens with one attached hydrogen (secondary N) is 1. The molecule has 2 aromatic heterocycles. The maximum absolute atomic E-state index is 10.9. The molecule has 1 atom stereocenters. The predicted molar refractivity (Wildman–Crippen MR) is 67.1 cm³/mol. The molecule has 0 aliphatic rings. The molecular formula is C8H10N4O3S2. The largest absolute Gasteiger partial charge is 0.372 e. The van der Waals surface area contributed by atoms with Gasteiger partial charge in [-0.15, -0.1) is 0 Å². The molecule has 0 saturated heterocycles. The van der Waals surface area contributed by atoms with E-state index in [-0.39, 0.29) is 11.6 Å². The Bertz CT molecular complexity index is 576. The van der Waals surface area contributed by atoms with Crippen LogP contribution in [0.4, 0.5) is 11.6 Å². The Labute approximate surface area is 103 Å². The summed E-state index contributed by atoms with van der Waals surface area (Å²) in [6.45, 7) is 0.398. The molecule has 0 radical (unpaired) electrons. The van der Waals surface area contributed by atoms with Gasteiger partial charge in [-0.2, -0.15) is 9.38 Å². The van der Waals surface area contributed by atoms with E-state index in [0.29, 0.717) is 17.3 Å². The summed E-state index contributed by atoms with van der Waals surface area (Å²) < 4.78 is 12.3. The van der Waals surface area contributed by atoms with E-state index in [2.05, 4.69) is 10.3 Å². The Morgan fingerprint density at radius 3 is 3.12 bits per heavy atom. The van der Waals surface area contributed by atoms with E-state index in [9.17, 15) is 14.3 Å². The quantitative estimate of drug-likeness (QED) is 0.651. The normalized spacial score (nSPS) is 12.8. The number of nitrogens with zero attached hydrogens (tertiary/aromatic N) is 3. The van der Waals surface area contributed by atoms with E-state index in [4.69, 9.17) is 0 Å². The molecule has 17 heavy (non-hydrogen) atoms. The number of nitro groups is 1. The molecule has 2 aromatic rings. The molecule has 2 heterocycles. The van der Waals surface area contributed by atoms with Crippen molar-refractivity contribution in [3.8, 4) is 0 Å². The summed E-state index contributed by atoms with van der Waals surface area (Å²) >= 11 is 1.33. The highest BCUT2D eigenvalue weighted by molar-refractivity contribution is 7.84. The van der Waals surface area contributed by atoms with Crippen molar-refractivity contribution in [2.24, 2.45) is 0 Å². The number of imidazole rings is 1. The van der Waals surface area contributed by atoms with Gasteiger partial charge in [0.2, 0.25) is 5.82 Å². The summed E-state index contributed by atoms with van der Waals surface area (Å²) in [5.41, 5.74) is 0. The van der Waals surface area contributed by atoms with E-state index in [0.717, 1.165) is 0 Å². The maximum atomic E-state index is 10.9. The number of anilines is 1. The minimum Gasteiger partial charge on any atom is -0.362 e. The van der Waals surface area contributed by atoms with Crippen LogP contribution in [0.5, 0.6) is 0 Å². The van der Waals surface area contributed by atoms with Crippen molar-refractivity contribution in [3.63, 3.8) is 0 Å². The Kier molecular flexibility index (Phi) is 3.38. The number of hydrogen-bond donors (Lipinski definition) is 1. The van der Waals surface area contributed by atoms with Crippen molar-refractivity contribution in [1.29, 1.82) is 0 Å². The van der Waals surface area contributed by atoms with Gasteiger partial charge in [-0.05, 0) is 4.92 Å². The smallest absolute Gasteiger partial charge is 0.362 e. The number of thiazole rings is 1. The molecule has 0 aromatic carbocycles. The van der Waals surface area contributed by atoms with Crippen LogP contribution in [-0.2, 0) is 10.8 Å². The van der Waals surface area contributed by atoms with Gasteiger partial charge in [0, 0.05) is 34.7 Å². The molecule has 0 saturated carbocycles. The Morgan fingerprint density at radius 1 is 1.71 bits per heavy atom. The van der Waals surface area contributed by atoms with Crippen molar-refractivity contribution >= 4 is 38.7 Å². The molecule has 0 aliphatic heterocycles. The first-order valence-electron chi connectivity index (χ1n) is 4.73. The number of aromatic nitrogens is 2. The van der Waals surface area contributed by atoms with E-state index in [1.54, 1.807) is 17.8 Å². The van der Waals surface area contributed by atoms with Crippen molar-refractivity contribution in [3.05, 3.63) is 21.7 Å². The molecule has 1 unspecified atom stereocenters. The van der Waals surface area contributed by atoms with Crippen LogP contribution in [0.15, 0.2) is 11.6 Å². The van der Waals surface area contributed by atoms with Gasteiger partial charge >= 0.3 is 5.82 Å². The summed E-state index contributed by atoms with van der Waals surface area (Å²) in [6.07, 6.45) is 3.19. The van der Waals surface area contributed by atoms with Crippen LogP contribution >= 0.6 is 11.3 Å². The average molecular weight is 274 g/mol. The van der Waals surface area contributed by atoms with Crippen LogP contribution in [0.25, 0.3) is 4.96 Å². The predicted octanol–water partition coefficient (Wildman–Crippen LogP) is 1.09. The highest BCUT2D eigenvalue weighted by atomic mass is 32.2. The highest BCUT2D eigenvalue weighted by Gasteiger charge is 2.22. The topological polar surface area (TPSA) is 89.5 Å². The summed E-state index contributed by atoms with van der Waals surface area (Å²) in [6, 6.07) is 0. The molecule has 7 nitrogen and oxygen atoms in total. The minimum absolute atomic E-state index is 0.0804. The van der Waals surface area contributed by atoms with Gasteiger partial charge in [-0.25, -0.2) is 0 Å². The molecule has 0 spiro atoms. The summed E-state index contributed by atoms with van der Waals surface area (Å²) in [5, 5.41) is 15.5. The molecule has 9 heteroatoms. The van der Waals surface area contributed by atoms with Crippen LogP contribution in [0.1, 0.15) is 0 Å². The SMILES string of the molecule is CS(=O)CCNc1nc2sccn2c1[N+](=O)[O-]. The molecular weight excluding hydrogens is 264 g/mol. The first kappa shape index (κ1) is 12.0. The third-order valence-electron chi connectivity index (χ3n) is 2.09. The van der Waals surface area contributed by atoms with Gasteiger partial charge in [0.15, 0.2) is 0 Å². The Hall–Kier alpha value is -1.48. The molecule has 0 amide bonds. The fourth-order valence-corrected chi connectivity index (χ4v) is 2.48. The molecule has 92 valence electrons. The lowest BCUT2D eigenvalue weighted by molar-refractivity contribution is -0.389. The zero-order chi connectivity index (χ0) is 12.4. The van der Waals surface area contributed by atoms with Crippen LogP contribution in [0, 0.1) is 10.1 Å². The third kappa shape index (κ3) is 2.44. The summed E-state index contributed by atoms with van der Waals surface area (Å²) in [4.78, 5) is 15.2. The van der Waals surface area contributed by atoms with Gasteiger partial charge in [-0.3, -0.25) is 4.21 Å². The molecule has 1 N–H and O–H groups in total. The molecule has 0 fully saturated rings. The summed E-state index contributed by atoms with van der Waals surface area (Å²) in [5.74, 6) is 0.581. The zero-order valence-corrected chi connectivity index (χ0v) is 10.6. The van der Waals surface area contributed by atoms with E-state index in [1.165, 1.54) is 15.7 Å². The van der Waals surface area contributed by atoms with Crippen LogP contribution in [0.2, 0.25) is 0 Å². The zero-order valence-electron chi connectivity index (χ0n) is 8.95. The average Bonchev–Trinajstić information content (AvgIpc) is 2.75. The third-order valence-corrected chi connectivity index (χ3v) is 3.63. The van der Waals surface area contributed by atoms with Crippen LogP contribution < -0.4 is 5.32 Å². The second-order valence-electron chi connectivity index (χ2n) is 3.30. The number of fused-ring (bicyclic) bond motifs is 1. The van der Waals surface area contributed by atoms with Gasteiger partial charge in [0.25, 0.3) is 4.96 Å².